The number of rotatable bonds is 5. The maximum atomic E-state index is 11.0. The molecular weight excluding hydrogens is 342 g/mol. The Hall–Kier alpha value is -1.90. The Morgan fingerprint density at radius 3 is 3.00 bits per heavy atom. The molecule has 1 aromatic heterocycles. The summed E-state index contributed by atoms with van der Waals surface area (Å²) < 4.78 is 6.83. The zero-order chi connectivity index (χ0) is 18.0. The molecule has 2 heterocycles. The Morgan fingerprint density at radius 2 is 2.28 bits per heavy atom. The van der Waals surface area contributed by atoms with Crippen LogP contribution < -0.4 is 4.74 Å². The third-order valence-electron chi connectivity index (χ3n) is 4.39. The van der Waals surface area contributed by atoms with Gasteiger partial charge in [-0.2, -0.15) is 0 Å². The van der Waals surface area contributed by atoms with Crippen molar-refractivity contribution in [3.05, 3.63) is 23.2 Å². The molecule has 0 saturated carbocycles. The number of ether oxygens (including phenoxy) is 1. The molecule has 7 nitrogen and oxygen atoms in total. The highest BCUT2D eigenvalue weighted by Gasteiger charge is 2.27. The number of fused-ring (bicyclic) bond motifs is 1. The maximum absolute atomic E-state index is 11.0. The van der Waals surface area contributed by atoms with Gasteiger partial charge in [-0.3, -0.25) is 4.90 Å². The molecule has 2 N–H and O–H groups in total. The fraction of sp³-hybridized carbons (Fsp3) is 0.529. The summed E-state index contributed by atoms with van der Waals surface area (Å²) in [7, 11) is 0. The number of amides is 1. The number of hydrogen-bond donors (Lipinski definition) is 2. The predicted octanol–water partition coefficient (Wildman–Crippen LogP) is 2.03. The number of benzene rings is 1. The third-order valence-corrected chi connectivity index (χ3v) is 5.34. The quantitative estimate of drug-likeness (QED) is 0.843. The van der Waals surface area contributed by atoms with Crippen LogP contribution in [0.5, 0.6) is 5.75 Å². The van der Waals surface area contributed by atoms with Gasteiger partial charge in [0, 0.05) is 38.3 Å². The van der Waals surface area contributed by atoms with Gasteiger partial charge in [-0.25, -0.2) is 9.78 Å². The van der Waals surface area contributed by atoms with E-state index in [0.29, 0.717) is 31.9 Å². The lowest BCUT2D eigenvalue weighted by molar-refractivity contribution is 0.0236. The van der Waals surface area contributed by atoms with Crippen molar-refractivity contribution in [1.82, 2.24) is 14.8 Å². The molecule has 1 amide bonds. The normalized spacial score (nSPS) is 20.0. The zero-order valence-corrected chi connectivity index (χ0v) is 15.2. The van der Waals surface area contributed by atoms with Crippen LogP contribution in [0.1, 0.15) is 11.9 Å². The maximum Gasteiger partial charge on any atom is 0.407 e. The molecule has 0 unspecified atom stereocenters. The van der Waals surface area contributed by atoms with Gasteiger partial charge >= 0.3 is 6.09 Å². The monoisotopic (exact) mass is 365 g/mol. The number of aryl methyl sites for hydroxylation is 1. The van der Waals surface area contributed by atoms with Crippen molar-refractivity contribution in [1.29, 1.82) is 0 Å². The van der Waals surface area contributed by atoms with E-state index in [1.54, 1.807) is 11.3 Å². The van der Waals surface area contributed by atoms with E-state index in [1.807, 2.05) is 32.0 Å². The summed E-state index contributed by atoms with van der Waals surface area (Å²) in [5.41, 5.74) is 0.910. The highest BCUT2D eigenvalue weighted by Crippen LogP contribution is 2.25. The van der Waals surface area contributed by atoms with E-state index in [4.69, 9.17) is 9.84 Å². The van der Waals surface area contributed by atoms with Gasteiger partial charge in [0.05, 0.1) is 15.2 Å². The Morgan fingerprint density at radius 1 is 1.48 bits per heavy atom. The smallest absolute Gasteiger partial charge is 0.407 e. The van der Waals surface area contributed by atoms with Crippen molar-refractivity contribution < 1.29 is 19.7 Å². The van der Waals surface area contributed by atoms with Crippen LogP contribution in [0.25, 0.3) is 10.2 Å². The van der Waals surface area contributed by atoms with E-state index in [1.165, 1.54) is 4.90 Å². The van der Waals surface area contributed by atoms with E-state index in [0.717, 1.165) is 15.2 Å². The van der Waals surface area contributed by atoms with Crippen molar-refractivity contribution in [3.63, 3.8) is 0 Å². The van der Waals surface area contributed by atoms with Crippen LogP contribution in [0.2, 0.25) is 0 Å². The Balaban J connectivity index is 1.50. The number of aliphatic hydroxyl groups is 1. The summed E-state index contributed by atoms with van der Waals surface area (Å²) >= 11 is 1.64. The number of carbonyl (C=O) groups is 1. The van der Waals surface area contributed by atoms with Gasteiger partial charge in [-0.1, -0.05) is 0 Å². The van der Waals surface area contributed by atoms with Crippen molar-refractivity contribution in [2.45, 2.75) is 26.0 Å². The van der Waals surface area contributed by atoms with Crippen LogP contribution in [0.3, 0.4) is 0 Å². The second kappa shape index (κ2) is 7.55. The third kappa shape index (κ3) is 4.39. The average Bonchev–Trinajstić information content (AvgIpc) is 2.94. The highest BCUT2D eigenvalue weighted by molar-refractivity contribution is 7.18. The van der Waals surface area contributed by atoms with E-state index in [2.05, 4.69) is 9.88 Å². The summed E-state index contributed by atoms with van der Waals surface area (Å²) in [6.07, 6.45) is -1.52. The number of aromatic nitrogens is 1. The lowest BCUT2D eigenvalue weighted by atomic mass is 10.2. The molecule has 1 saturated heterocycles. The first-order valence-electron chi connectivity index (χ1n) is 8.32. The van der Waals surface area contributed by atoms with Crippen LogP contribution in [0.4, 0.5) is 4.79 Å². The minimum Gasteiger partial charge on any atom is -0.491 e. The fourth-order valence-electron chi connectivity index (χ4n) is 3.07. The second-order valence-electron chi connectivity index (χ2n) is 6.40. The number of β-amino-alcohol motifs (C(OH)–C–C–N with tert-alkyl or cyclic N) is 1. The Bertz CT molecular complexity index is 751. The van der Waals surface area contributed by atoms with Gasteiger partial charge in [-0.15, -0.1) is 11.3 Å². The SMILES string of the molecule is Cc1nc2cc(OC[C@@H](O)CN3CCN(C(=O)O)C[C@@H]3C)ccc2s1. The van der Waals surface area contributed by atoms with Crippen LogP contribution in [-0.4, -0.2) is 76.0 Å². The van der Waals surface area contributed by atoms with E-state index in [9.17, 15) is 9.90 Å². The molecule has 0 aliphatic carbocycles. The van der Waals surface area contributed by atoms with E-state index in [-0.39, 0.29) is 12.6 Å². The molecule has 0 bridgehead atoms. The number of carboxylic acid groups (broad SMARTS) is 1. The first kappa shape index (κ1) is 17.9. The number of aliphatic hydroxyl groups excluding tert-OH is 1. The number of hydrogen-bond acceptors (Lipinski definition) is 6. The molecule has 136 valence electrons. The summed E-state index contributed by atoms with van der Waals surface area (Å²) in [5.74, 6) is 0.695. The average molecular weight is 365 g/mol. The van der Waals surface area contributed by atoms with Crippen LogP contribution >= 0.6 is 11.3 Å². The lowest BCUT2D eigenvalue weighted by Gasteiger charge is -2.39. The fourth-order valence-corrected chi connectivity index (χ4v) is 3.88. The largest absolute Gasteiger partial charge is 0.491 e. The topological polar surface area (TPSA) is 86.1 Å². The zero-order valence-electron chi connectivity index (χ0n) is 14.4. The minimum absolute atomic E-state index is 0.0776. The molecule has 0 radical (unpaired) electrons. The van der Waals surface area contributed by atoms with Gasteiger partial charge < -0.3 is 19.8 Å². The van der Waals surface area contributed by atoms with Gasteiger partial charge in [0.25, 0.3) is 0 Å². The number of piperazine rings is 1. The lowest BCUT2D eigenvalue weighted by Crippen LogP contribution is -2.55. The van der Waals surface area contributed by atoms with Gasteiger partial charge in [-0.05, 0) is 26.0 Å². The van der Waals surface area contributed by atoms with Crippen LogP contribution in [0, 0.1) is 6.92 Å². The summed E-state index contributed by atoms with van der Waals surface area (Å²) in [4.78, 5) is 19.0. The van der Waals surface area contributed by atoms with Gasteiger partial charge in [0.15, 0.2) is 0 Å². The Labute approximate surface area is 150 Å². The first-order chi connectivity index (χ1) is 11.9. The van der Waals surface area contributed by atoms with Gasteiger partial charge in [0.2, 0.25) is 0 Å². The standard InChI is InChI=1S/C17H23N3O4S/c1-11-8-20(17(22)23)6-5-19(11)9-13(21)10-24-14-3-4-16-15(7-14)18-12(2)25-16/h3-4,7,11,13,21H,5-6,8-10H2,1-2H3,(H,22,23)/t11-,13-/m0/s1. The molecule has 8 heteroatoms. The summed E-state index contributed by atoms with van der Waals surface area (Å²) in [5, 5.41) is 20.3. The second-order valence-corrected chi connectivity index (χ2v) is 7.63. The van der Waals surface area contributed by atoms with Crippen molar-refractivity contribution >= 4 is 27.6 Å². The van der Waals surface area contributed by atoms with Crippen molar-refractivity contribution in [2.75, 3.05) is 32.8 Å². The molecular formula is C17H23N3O4S. The minimum atomic E-state index is -0.886. The molecule has 0 spiro atoms. The van der Waals surface area contributed by atoms with Crippen molar-refractivity contribution in [2.24, 2.45) is 0 Å². The van der Waals surface area contributed by atoms with Gasteiger partial charge in [0.1, 0.15) is 18.5 Å². The highest BCUT2D eigenvalue weighted by atomic mass is 32.1. The molecule has 25 heavy (non-hydrogen) atoms. The molecule has 3 rings (SSSR count). The Kier molecular flexibility index (Phi) is 5.41. The predicted molar refractivity (Wildman–Crippen MR) is 96.5 cm³/mol. The molecule has 1 aliphatic rings. The summed E-state index contributed by atoms with van der Waals surface area (Å²) in [6.45, 7) is 6.15. The summed E-state index contributed by atoms with van der Waals surface area (Å²) in [6, 6.07) is 5.84. The number of nitrogens with zero attached hydrogens (tertiary/aromatic N) is 3. The van der Waals surface area contributed by atoms with E-state index >= 15 is 0 Å². The molecule has 2 aromatic rings. The molecule has 1 aliphatic heterocycles. The first-order valence-corrected chi connectivity index (χ1v) is 9.14. The molecule has 2 atom stereocenters. The van der Waals surface area contributed by atoms with E-state index < -0.39 is 12.2 Å². The van der Waals surface area contributed by atoms with Crippen LogP contribution in [-0.2, 0) is 0 Å². The van der Waals surface area contributed by atoms with Crippen molar-refractivity contribution in [3.8, 4) is 5.75 Å². The van der Waals surface area contributed by atoms with Crippen LogP contribution in [0.15, 0.2) is 18.2 Å². The molecule has 1 aromatic carbocycles. The molecule has 1 fully saturated rings. The number of thiazole rings is 1.